The Morgan fingerprint density at radius 3 is 2.68 bits per heavy atom. The van der Waals surface area contributed by atoms with Gasteiger partial charge in [0.05, 0.1) is 0 Å². The number of hydrogen-bond acceptors (Lipinski definition) is 3. The Hall–Kier alpha value is -1.07. The number of carbonyl (C=O) groups excluding carboxylic acids is 1. The lowest BCUT2D eigenvalue weighted by Gasteiger charge is -2.23. The maximum Gasteiger partial charge on any atom is 0.408 e. The summed E-state index contributed by atoms with van der Waals surface area (Å²) in [6.07, 6.45) is -0.565. The highest BCUT2D eigenvalue weighted by Crippen LogP contribution is 2.24. The zero-order valence-electron chi connectivity index (χ0n) is 11.4. The number of benzene rings is 1. The van der Waals surface area contributed by atoms with Gasteiger partial charge in [-0.3, -0.25) is 0 Å². The molecule has 1 rings (SSSR count). The standard InChI is InChI=1S/C14H20BrNO3/c1-14(2,3)16-13(18)19-12(7-8-17)10-5-4-6-11(15)9-10/h4-6,9,12,17H,7-8H2,1-3H3,(H,16,18). The van der Waals surface area contributed by atoms with Gasteiger partial charge in [-0.15, -0.1) is 0 Å². The van der Waals surface area contributed by atoms with Crippen LogP contribution in [0.2, 0.25) is 0 Å². The summed E-state index contributed by atoms with van der Waals surface area (Å²) in [5, 5.41) is 11.8. The molecule has 0 radical (unpaired) electrons. The highest BCUT2D eigenvalue weighted by atomic mass is 79.9. The molecule has 0 bridgehead atoms. The molecule has 0 saturated heterocycles. The Labute approximate surface area is 122 Å². The number of amides is 1. The molecular formula is C14H20BrNO3. The van der Waals surface area contributed by atoms with Crippen LogP contribution >= 0.6 is 15.9 Å². The number of halogens is 1. The molecule has 0 aromatic heterocycles. The monoisotopic (exact) mass is 329 g/mol. The fraction of sp³-hybridized carbons (Fsp3) is 0.500. The quantitative estimate of drug-likeness (QED) is 0.890. The van der Waals surface area contributed by atoms with E-state index in [1.165, 1.54) is 0 Å². The lowest BCUT2D eigenvalue weighted by Crippen LogP contribution is -2.41. The normalized spacial score (nSPS) is 12.9. The van der Waals surface area contributed by atoms with Crippen molar-refractivity contribution in [2.45, 2.75) is 38.8 Å². The van der Waals surface area contributed by atoms with E-state index in [1.54, 1.807) is 0 Å². The number of carbonyl (C=O) groups is 1. The van der Waals surface area contributed by atoms with Gasteiger partial charge in [-0.2, -0.15) is 0 Å². The first-order chi connectivity index (χ1) is 8.81. The molecule has 1 aromatic rings. The smallest absolute Gasteiger partial charge is 0.408 e. The van der Waals surface area contributed by atoms with Crippen molar-refractivity contribution in [2.75, 3.05) is 6.61 Å². The van der Waals surface area contributed by atoms with Crippen LogP contribution in [0.25, 0.3) is 0 Å². The topological polar surface area (TPSA) is 58.6 Å². The lowest BCUT2D eigenvalue weighted by molar-refractivity contribution is 0.0749. The summed E-state index contributed by atoms with van der Waals surface area (Å²) in [5.41, 5.74) is 0.505. The highest BCUT2D eigenvalue weighted by Gasteiger charge is 2.20. The van der Waals surface area contributed by atoms with E-state index in [9.17, 15) is 4.79 Å². The van der Waals surface area contributed by atoms with E-state index in [-0.39, 0.29) is 12.1 Å². The number of rotatable bonds is 4. The molecule has 4 nitrogen and oxygen atoms in total. The molecule has 0 fully saturated rings. The molecule has 1 amide bonds. The second-order valence-electron chi connectivity index (χ2n) is 5.34. The van der Waals surface area contributed by atoms with Crippen molar-refractivity contribution < 1.29 is 14.6 Å². The summed E-state index contributed by atoms with van der Waals surface area (Å²) in [6.45, 7) is 5.61. The molecular weight excluding hydrogens is 310 g/mol. The van der Waals surface area contributed by atoms with Crippen molar-refractivity contribution in [1.29, 1.82) is 0 Å². The van der Waals surface area contributed by atoms with Crippen LogP contribution in [0.15, 0.2) is 28.7 Å². The van der Waals surface area contributed by atoms with E-state index in [4.69, 9.17) is 9.84 Å². The molecule has 0 aliphatic carbocycles. The van der Waals surface area contributed by atoms with Crippen LogP contribution in [0, 0.1) is 0 Å². The Bertz CT molecular complexity index is 429. The summed E-state index contributed by atoms with van der Waals surface area (Å²) in [7, 11) is 0. The molecule has 1 aromatic carbocycles. The third-order valence-corrected chi connectivity index (χ3v) is 2.83. The molecule has 19 heavy (non-hydrogen) atoms. The van der Waals surface area contributed by atoms with Crippen molar-refractivity contribution in [3.05, 3.63) is 34.3 Å². The first-order valence-corrected chi connectivity index (χ1v) is 6.96. The summed E-state index contributed by atoms with van der Waals surface area (Å²) in [4.78, 5) is 11.8. The molecule has 0 heterocycles. The summed E-state index contributed by atoms with van der Waals surface area (Å²) < 4.78 is 6.29. The Balaban J connectivity index is 2.76. The fourth-order valence-electron chi connectivity index (χ4n) is 1.58. The molecule has 1 atom stereocenters. The van der Waals surface area contributed by atoms with Gasteiger partial charge in [0.15, 0.2) is 0 Å². The molecule has 1 unspecified atom stereocenters. The van der Waals surface area contributed by atoms with Gasteiger partial charge in [-0.1, -0.05) is 28.1 Å². The minimum atomic E-state index is -0.481. The largest absolute Gasteiger partial charge is 0.441 e. The summed E-state index contributed by atoms with van der Waals surface area (Å²) >= 11 is 3.38. The molecule has 106 valence electrons. The van der Waals surface area contributed by atoms with Gasteiger partial charge in [0.25, 0.3) is 0 Å². The van der Waals surface area contributed by atoms with Crippen molar-refractivity contribution in [2.24, 2.45) is 0 Å². The van der Waals surface area contributed by atoms with Crippen molar-refractivity contribution in [3.8, 4) is 0 Å². The zero-order valence-corrected chi connectivity index (χ0v) is 13.0. The SMILES string of the molecule is CC(C)(C)NC(=O)OC(CCO)c1cccc(Br)c1. The van der Waals surface area contributed by atoms with Crippen LogP contribution in [0.3, 0.4) is 0 Å². The van der Waals surface area contributed by atoms with Crippen LogP contribution in [-0.4, -0.2) is 23.3 Å². The third kappa shape index (κ3) is 6.07. The number of aliphatic hydroxyl groups excluding tert-OH is 1. The molecule has 5 heteroatoms. The number of nitrogens with one attached hydrogen (secondary N) is 1. The van der Waals surface area contributed by atoms with Crippen molar-refractivity contribution in [1.82, 2.24) is 5.32 Å². The van der Waals surface area contributed by atoms with Crippen LogP contribution in [0.5, 0.6) is 0 Å². The Morgan fingerprint density at radius 1 is 1.47 bits per heavy atom. The molecule has 2 N–H and O–H groups in total. The molecule has 0 spiro atoms. The van der Waals surface area contributed by atoms with Crippen LogP contribution in [-0.2, 0) is 4.74 Å². The first kappa shape index (κ1) is 16.0. The van der Waals surface area contributed by atoms with Gasteiger partial charge in [0.1, 0.15) is 6.10 Å². The van der Waals surface area contributed by atoms with Gasteiger partial charge >= 0.3 is 6.09 Å². The van der Waals surface area contributed by atoms with Crippen LogP contribution in [0.1, 0.15) is 38.9 Å². The van der Waals surface area contributed by atoms with Crippen LogP contribution < -0.4 is 5.32 Å². The van der Waals surface area contributed by atoms with Gasteiger partial charge in [-0.25, -0.2) is 4.79 Å². The Kier molecular flexibility index (Phi) is 5.82. The second-order valence-corrected chi connectivity index (χ2v) is 6.25. The minimum absolute atomic E-state index is 0.0417. The van der Waals surface area contributed by atoms with E-state index >= 15 is 0 Å². The van der Waals surface area contributed by atoms with Gasteiger partial charge in [-0.05, 0) is 38.5 Å². The first-order valence-electron chi connectivity index (χ1n) is 6.17. The van der Waals surface area contributed by atoms with E-state index < -0.39 is 12.2 Å². The van der Waals surface area contributed by atoms with E-state index in [0.717, 1.165) is 10.0 Å². The minimum Gasteiger partial charge on any atom is -0.441 e. The number of aliphatic hydroxyl groups is 1. The van der Waals surface area contributed by atoms with E-state index in [2.05, 4.69) is 21.2 Å². The third-order valence-electron chi connectivity index (χ3n) is 2.34. The van der Waals surface area contributed by atoms with E-state index in [0.29, 0.717) is 6.42 Å². The average Bonchev–Trinajstić information content (AvgIpc) is 2.26. The van der Waals surface area contributed by atoms with Gasteiger partial charge in [0.2, 0.25) is 0 Å². The summed E-state index contributed by atoms with van der Waals surface area (Å²) in [6, 6.07) is 7.52. The fourth-order valence-corrected chi connectivity index (χ4v) is 2.00. The van der Waals surface area contributed by atoms with Crippen LogP contribution in [0.4, 0.5) is 4.79 Å². The average molecular weight is 330 g/mol. The van der Waals surface area contributed by atoms with E-state index in [1.807, 2.05) is 45.0 Å². The maximum atomic E-state index is 11.8. The predicted molar refractivity (Wildman–Crippen MR) is 78.0 cm³/mol. The number of ether oxygens (including phenoxy) is 1. The molecule has 0 saturated carbocycles. The maximum absolute atomic E-state index is 11.8. The second kappa shape index (κ2) is 6.91. The zero-order chi connectivity index (χ0) is 14.5. The summed E-state index contributed by atoms with van der Waals surface area (Å²) in [5.74, 6) is 0. The molecule has 0 aliphatic heterocycles. The Morgan fingerprint density at radius 2 is 2.16 bits per heavy atom. The molecule has 0 aliphatic rings. The number of hydrogen-bond donors (Lipinski definition) is 2. The van der Waals surface area contributed by atoms with Gasteiger partial charge in [0, 0.05) is 23.0 Å². The van der Waals surface area contributed by atoms with Gasteiger partial charge < -0.3 is 15.2 Å². The highest BCUT2D eigenvalue weighted by molar-refractivity contribution is 9.10. The predicted octanol–water partition coefficient (Wildman–Crippen LogP) is 3.40. The van der Waals surface area contributed by atoms with Crippen molar-refractivity contribution in [3.63, 3.8) is 0 Å². The van der Waals surface area contributed by atoms with Crippen molar-refractivity contribution >= 4 is 22.0 Å². The number of alkyl carbamates (subject to hydrolysis) is 1. The lowest BCUT2D eigenvalue weighted by atomic mass is 10.1.